The molecule has 0 bridgehead atoms. The number of amides is 1. The molecule has 0 aromatic heterocycles. The number of nitrogens with one attached hydrogen (secondary N) is 1. The molecule has 1 aromatic rings. The molecule has 0 spiro atoms. The van der Waals surface area contributed by atoms with Crippen molar-refractivity contribution in [3.63, 3.8) is 0 Å². The number of rotatable bonds is 11. The number of halogens is 21. The van der Waals surface area contributed by atoms with E-state index < -0.39 is 95.4 Å². The van der Waals surface area contributed by atoms with Crippen LogP contribution in [0.25, 0.3) is 0 Å². The maximum atomic E-state index is 13.8. The molecule has 0 heterocycles. The summed E-state index contributed by atoms with van der Waals surface area (Å²) in [5.74, 6) is -54.9. The Morgan fingerprint density at radius 3 is 1.23 bits per heavy atom. The Bertz CT molecular complexity index is 1350. The molecule has 1 N–H and O–H groups in total. The number of alkyl halides is 21. The van der Waals surface area contributed by atoms with Crippen molar-refractivity contribution in [1.82, 2.24) is 5.32 Å². The van der Waals surface area contributed by atoms with Crippen molar-refractivity contribution in [2.45, 2.75) is 73.1 Å². The Labute approximate surface area is 249 Å². The molecule has 0 aliphatic carbocycles. The molecule has 0 fully saturated rings. The minimum absolute atomic E-state index is 0.00817. The quantitative estimate of drug-likeness (QED) is 0.147. The Hall–Kier alpha value is -3.84. The molecule has 1 aromatic carbocycles. The van der Waals surface area contributed by atoms with Crippen LogP contribution in [0.4, 0.5) is 92.2 Å². The van der Waals surface area contributed by atoms with Crippen LogP contribution >= 0.6 is 0 Å². The molecule has 1 rings (SSSR count). The van der Waals surface area contributed by atoms with Crippen molar-refractivity contribution in [2.24, 2.45) is 0 Å². The Balaban J connectivity index is 3.60. The van der Waals surface area contributed by atoms with Crippen LogP contribution in [0, 0.1) is 0 Å². The standard InChI is InChI=1S/C21H10F21NO5/c1-6(43-10(44)13(22,23)16(28,29)19(34,35)36)9(48-12(46)15(26,27)18(32,33)21(40,41)42)7-2-4-8(5-3-7)47-11(45)14(24,25)17(30,31)20(37,38)39/h2-6,9H,1H3,(H,43,44). The van der Waals surface area contributed by atoms with Crippen LogP contribution in [0.5, 0.6) is 5.75 Å². The van der Waals surface area contributed by atoms with E-state index in [1.54, 1.807) is 0 Å². The van der Waals surface area contributed by atoms with Gasteiger partial charge in [0, 0.05) is 0 Å². The first-order valence-corrected chi connectivity index (χ1v) is 11.2. The van der Waals surface area contributed by atoms with Gasteiger partial charge in [0.05, 0.1) is 6.04 Å². The van der Waals surface area contributed by atoms with E-state index in [1.807, 2.05) is 0 Å². The molecule has 0 saturated heterocycles. The third kappa shape index (κ3) is 7.41. The predicted molar refractivity (Wildman–Crippen MR) is 106 cm³/mol. The lowest BCUT2D eigenvalue weighted by Crippen LogP contribution is -2.61. The molecule has 6 nitrogen and oxygen atoms in total. The van der Waals surface area contributed by atoms with Gasteiger partial charge in [-0.25, -0.2) is 9.59 Å². The zero-order chi connectivity index (χ0) is 38.5. The number of carbonyl (C=O) groups is 3. The lowest BCUT2D eigenvalue weighted by Gasteiger charge is -2.32. The summed E-state index contributed by atoms with van der Waals surface area (Å²) in [5, 5.41) is 0.545. The summed E-state index contributed by atoms with van der Waals surface area (Å²) in [4.78, 5) is 34.7. The van der Waals surface area contributed by atoms with Gasteiger partial charge in [0.15, 0.2) is 0 Å². The SMILES string of the molecule is CC(NC(=O)C(F)(F)C(F)(F)C(F)(F)F)C(OC(=O)C(F)(F)C(F)(F)C(F)(F)F)c1ccc(OC(=O)C(F)(F)C(F)(F)C(F)(F)F)cc1. The number of esters is 2. The zero-order valence-corrected chi connectivity index (χ0v) is 21.9. The minimum Gasteiger partial charge on any atom is -0.451 e. The fraction of sp³-hybridized carbons (Fsp3) is 0.571. The first-order valence-electron chi connectivity index (χ1n) is 11.2. The highest BCUT2D eigenvalue weighted by molar-refractivity contribution is 5.85. The minimum atomic E-state index is -7.31. The van der Waals surface area contributed by atoms with Gasteiger partial charge >= 0.3 is 66.0 Å². The Morgan fingerprint density at radius 2 is 0.875 bits per heavy atom. The van der Waals surface area contributed by atoms with Gasteiger partial charge in [-0.2, -0.15) is 92.2 Å². The van der Waals surface area contributed by atoms with Gasteiger partial charge in [0.1, 0.15) is 11.9 Å². The maximum absolute atomic E-state index is 13.8. The van der Waals surface area contributed by atoms with E-state index >= 15 is 0 Å². The lowest BCUT2D eigenvalue weighted by atomic mass is 10.0. The summed E-state index contributed by atoms with van der Waals surface area (Å²) in [6.45, 7) is 0.0748. The molecule has 0 aliphatic rings. The third-order valence-electron chi connectivity index (χ3n) is 5.52. The van der Waals surface area contributed by atoms with Gasteiger partial charge in [-0.3, -0.25) is 4.79 Å². The van der Waals surface area contributed by atoms with Crippen molar-refractivity contribution in [3.8, 4) is 5.75 Å². The molecule has 0 aliphatic heterocycles. The summed E-state index contributed by atoms with van der Waals surface area (Å²) < 4.78 is 279. The summed E-state index contributed by atoms with van der Waals surface area (Å²) >= 11 is 0. The second kappa shape index (κ2) is 12.6. The molecule has 1 amide bonds. The monoisotopic (exact) mass is 755 g/mol. The van der Waals surface area contributed by atoms with E-state index in [4.69, 9.17) is 0 Å². The van der Waals surface area contributed by atoms with Gasteiger partial charge in [0.25, 0.3) is 5.91 Å². The second-order valence-corrected chi connectivity index (χ2v) is 8.99. The van der Waals surface area contributed by atoms with Gasteiger partial charge in [-0.1, -0.05) is 12.1 Å². The molecule has 48 heavy (non-hydrogen) atoms. The molecular weight excluding hydrogens is 745 g/mol. The normalized spacial score (nSPS) is 15.8. The first kappa shape index (κ1) is 42.2. The van der Waals surface area contributed by atoms with Gasteiger partial charge in [0.2, 0.25) is 0 Å². The Morgan fingerprint density at radius 1 is 0.542 bits per heavy atom. The fourth-order valence-corrected chi connectivity index (χ4v) is 2.85. The van der Waals surface area contributed by atoms with E-state index in [2.05, 4.69) is 9.47 Å². The van der Waals surface area contributed by atoms with E-state index in [0.717, 1.165) is 0 Å². The van der Waals surface area contributed by atoms with E-state index in [-0.39, 0.29) is 31.2 Å². The lowest BCUT2D eigenvalue weighted by molar-refractivity contribution is -0.349. The van der Waals surface area contributed by atoms with E-state index in [0.29, 0.717) is 5.32 Å². The van der Waals surface area contributed by atoms with Crippen LogP contribution in [0.3, 0.4) is 0 Å². The number of hydrogen-bond acceptors (Lipinski definition) is 5. The van der Waals surface area contributed by atoms with Gasteiger partial charge < -0.3 is 14.8 Å². The molecule has 0 radical (unpaired) electrons. The Kier molecular flexibility index (Phi) is 11.0. The third-order valence-corrected chi connectivity index (χ3v) is 5.52. The van der Waals surface area contributed by atoms with Crippen molar-refractivity contribution in [1.29, 1.82) is 0 Å². The largest absolute Gasteiger partial charge is 0.460 e. The summed E-state index contributed by atoms with van der Waals surface area (Å²) in [5.41, 5.74) is -1.33. The maximum Gasteiger partial charge on any atom is 0.460 e. The number of ether oxygens (including phenoxy) is 2. The van der Waals surface area contributed by atoms with E-state index in [9.17, 15) is 107 Å². The van der Waals surface area contributed by atoms with Crippen LogP contribution < -0.4 is 10.1 Å². The van der Waals surface area contributed by atoms with Crippen molar-refractivity contribution >= 4 is 17.8 Å². The summed E-state index contributed by atoms with van der Waals surface area (Å²) in [7, 11) is 0. The molecule has 2 unspecified atom stereocenters. The molecule has 2 atom stereocenters. The zero-order valence-electron chi connectivity index (χ0n) is 21.9. The number of carbonyl (C=O) groups excluding carboxylic acids is 3. The van der Waals surface area contributed by atoms with Crippen molar-refractivity contribution in [3.05, 3.63) is 29.8 Å². The van der Waals surface area contributed by atoms with Gasteiger partial charge in [-0.15, -0.1) is 0 Å². The topological polar surface area (TPSA) is 81.7 Å². The van der Waals surface area contributed by atoms with Crippen LogP contribution in [0.15, 0.2) is 24.3 Å². The fourth-order valence-electron chi connectivity index (χ4n) is 2.85. The van der Waals surface area contributed by atoms with Gasteiger partial charge in [-0.05, 0) is 24.6 Å². The highest BCUT2D eigenvalue weighted by Gasteiger charge is 2.79. The summed E-state index contributed by atoms with van der Waals surface area (Å²) in [6.07, 6.45) is -24.7. The van der Waals surface area contributed by atoms with Crippen LogP contribution in [-0.4, -0.2) is 78.0 Å². The molecule has 276 valence electrons. The smallest absolute Gasteiger partial charge is 0.451 e. The van der Waals surface area contributed by atoms with Crippen molar-refractivity contribution in [2.75, 3.05) is 0 Å². The highest BCUT2D eigenvalue weighted by atomic mass is 19.4. The summed E-state index contributed by atoms with van der Waals surface area (Å²) in [6, 6.07) is -3.06. The number of hydrogen-bond donors (Lipinski definition) is 1. The van der Waals surface area contributed by atoms with Crippen molar-refractivity contribution < 1.29 is 116 Å². The molecule has 0 saturated carbocycles. The molecular formula is C21H10F21NO5. The average molecular weight is 755 g/mol. The highest BCUT2D eigenvalue weighted by Crippen LogP contribution is 2.49. The predicted octanol–water partition coefficient (Wildman–Crippen LogP) is 7.18. The first-order chi connectivity index (χ1) is 20.9. The molecule has 27 heteroatoms. The van der Waals surface area contributed by atoms with Crippen LogP contribution in [-0.2, 0) is 19.1 Å². The van der Waals surface area contributed by atoms with Crippen LogP contribution in [0.2, 0.25) is 0 Å². The second-order valence-electron chi connectivity index (χ2n) is 8.99. The van der Waals surface area contributed by atoms with E-state index in [1.165, 1.54) is 0 Å². The van der Waals surface area contributed by atoms with Crippen LogP contribution in [0.1, 0.15) is 18.6 Å². The average Bonchev–Trinajstić information content (AvgIpc) is 2.89. The number of benzene rings is 1.